The van der Waals surface area contributed by atoms with Crippen LogP contribution in [0.15, 0.2) is 46.9 Å². The second kappa shape index (κ2) is 13.8. The molecule has 250 valence electrons. The molecule has 2 aromatic carbocycles. The number of hydrogen-bond acceptors (Lipinski definition) is 6. The van der Waals surface area contributed by atoms with Crippen molar-refractivity contribution in [2.75, 3.05) is 44.2 Å². The molecule has 0 N–H and O–H groups in total. The molecule has 5 rings (SSSR count). The van der Waals surface area contributed by atoms with E-state index in [0.717, 1.165) is 37.9 Å². The van der Waals surface area contributed by atoms with E-state index in [1.807, 2.05) is 56.0 Å². The molecule has 1 aliphatic carbocycles. The summed E-state index contributed by atoms with van der Waals surface area (Å²) in [6, 6.07) is 12.9. The molecule has 1 atom stereocenters. The van der Waals surface area contributed by atoms with Crippen LogP contribution in [0, 0.1) is 11.7 Å². The third-order valence-corrected chi connectivity index (χ3v) is 9.18. The molecule has 3 amide bonds. The highest BCUT2D eigenvalue weighted by molar-refractivity contribution is 9.10. The molecule has 0 spiro atoms. The number of piperidine rings is 1. The molecule has 2 saturated heterocycles. The van der Waals surface area contributed by atoms with Crippen LogP contribution >= 0.6 is 15.9 Å². The summed E-state index contributed by atoms with van der Waals surface area (Å²) in [6.07, 6.45) is 3.19. The zero-order chi connectivity index (χ0) is 33.2. The van der Waals surface area contributed by atoms with Gasteiger partial charge >= 0.3 is 6.09 Å². The Morgan fingerprint density at radius 1 is 0.935 bits per heavy atom. The first-order valence-electron chi connectivity index (χ1n) is 16.3. The van der Waals surface area contributed by atoms with E-state index in [9.17, 15) is 18.8 Å². The Bertz CT molecular complexity index is 1430. The minimum Gasteiger partial charge on any atom is -0.478 e. The van der Waals surface area contributed by atoms with Crippen molar-refractivity contribution in [2.24, 2.45) is 5.92 Å². The normalized spacial score (nSPS) is 19.1. The minimum atomic E-state index is -1.12. The van der Waals surface area contributed by atoms with Gasteiger partial charge in [-0.25, -0.2) is 9.18 Å². The quantitative estimate of drug-likeness (QED) is 0.325. The lowest BCUT2D eigenvalue weighted by Gasteiger charge is -2.39. The first kappa shape index (κ1) is 34.0. The number of benzene rings is 2. The van der Waals surface area contributed by atoms with Gasteiger partial charge < -0.3 is 29.1 Å². The number of rotatable bonds is 8. The summed E-state index contributed by atoms with van der Waals surface area (Å²) in [5, 5.41) is 0. The van der Waals surface area contributed by atoms with Gasteiger partial charge in [0.05, 0.1) is 5.92 Å². The number of ether oxygens (including phenoxy) is 2. The molecule has 2 aromatic rings. The maximum atomic E-state index is 14.7. The van der Waals surface area contributed by atoms with Gasteiger partial charge in [0.2, 0.25) is 5.91 Å². The average Bonchev–Trinajstić information content (AvgIpc) is 3.85. The molecule has 2 heterocycles. The summed E-state index contributed by atoms with van der Waals surface area (Å²) < 4.78 is 27.1. The fourth-order valence-electron chi connectivity index (χ4n) is 6.14. The highest BCUT2D eigenvalue weighted by atomic mass is 79.9. The van der Waals surface area contributed by atoms with Gasteiger partial charge in [0.25, 0.3) is 5.91 Å². The zero-order valence-corrected chi connectivity index (χ0v) is 29.1. The van der Waals surface area contributed by atoms with Crippen LogP contribution in [0.4, 0.5) is 14.9 Å². The summed E-state index contributed by atoms with van der Waals surface area (Å²) in [5.74, 6) is 0.0179. The van der Waals surface area contributed by atoms with Crippen molar-refractivity contribution in [3.05, 3.63) is 58.3 Å². The Morgan fingerprint density at radius 3 is 2.28 bits per heavy atom. The van der Waals surface area contributed by atoms with Crippen LogP contribution < -0.4 is 9.64 Å². The topological polar surface area (TPSA) is 82.6 Å². The molecule has 46 heavy (non-hydrogen) atoms. The summed E-state index contributed by atoms with van der Waals surface area (Å²) in [7, 11) is 0. The highest BCUT2D eigenvalue weighted by Crippen LogP contribution is 2.34. The fraction of sp³-hybridized carbons (Fsp3) is 0.571. The molecule has 0 radical (unpaired) electrons. The number of anilines is 1. The standard InChI is InChI=1S/C35H46BrFN4O5/c1-34(2,3)46-33(44)39-18-16-38(17-19-39)32(43)35(4,5)45-29-10-6-9-28(21-29)40-15-7-8-25(22-40)31(42)41(27-13-14-27)23-24-11-12-26(36)20-30(24)37/h6,9-12,20-21,25,27H,7-8,13-19,22-23H2,1-5H3/t25-/m1/s1. The smallest absolute Gasteiger partial charge is 0.410 e. The van der Waals surface area contributed by atoms with Gasteiger partial charge in [-0.05, 0) is 84.6 Å². The second-order valence-corrected chi connectivity index (χ2v) is 15.0. The fourth-order valence-corrected chi connectivity index (χ4v) is 6.47. The van der Waals surface area contributed by atoms with E-state index in [1.54, 1.807) is 29.7 Å². The van der Waals surface area contributed by atoms with Gasteiger partial charge in [-0.15, -0.1) is 0 Å². The number of carbonyl (C=O) groups excluding carboxylic acids is 3. The molecule has 11 heteroatoms. The summed E-state index contributed by atoms with van der Waals surface area (Å²) in [4.78, 5) is 47.2. The first-order chi connectivity index (χ1) is 21.7. The Hall–Kier alpha value is -3.34. The van der Waals surface area contributed by atoms with Crippen LogP contribution in [0.2, 0.25) is 0 Å². The van der Waals surface area contributed by atoms with E-state index < -0.39 is 11.2 Å². The van der Waals surface area contributed by atoms with Crippen LogP contribution in [0.5, 0.6) is 5.75 Å². The molecular formula is C35H46BrFN4O5. The number of hydrogen-bond donors (Lipinski definition) is 0. The predicted octanol–water partition coefficient (Wildman–Crippen LogP) is 6.23. The van der Waals surface area contributed by atoms with Crippen molar-refractivity contribution in [3.8, 4) is 5.75 Å². The number of halogens is 2. The third kappa shape index (κ3) is 8.52. The predicted molar refractivity (Wildman–Crippen MR) is 178 cm³/mol. The minimum absolute atomic E-state index is 0.0837. The SMILES string of the molecule is CC(C)(C)OC(=O)N1CCN(C(=O)C(C)(C)Oc2cccc(N3CCC[C@@H](C(=O)N(Cc4ccc(Br)cc4F)C4CC4)C3)c2)CC1. The van der Waals surface area contributed by atoms with Gasteiger partial charge in [0.15, 0.2) is 5.60 Å². The molecule has 3 aliphatic rings. The maximum absolute atomic E-state index is 14.7. The van der Waals surface area contributed by atoms with E-state index in [1.165, 1.54) is 6.07 Å². The maximum Gasteiger partial charge on any atom is 0.410 e. The molecule has 2 aliphatic heterocycles. The first-order valence-corrected chi connectivity index (χ1v) is 17.1. The van der Waals surface area contributed by atoms with E-state index in [-0.39, 0.29) is 42.2 Å². The van der Waals surface area contributed by atoms with Crippen LogP contribution in [0.1, 0.15) is 65.9 Å². The van der Waals surface area contributed by atoms with Crippen molar-refractivity contribution in [1.29, 1.82) is 0 Å². The monoisotopic (exact) mass is 700 g/mol. The number of amides is 3. The van der Waals surface area contributed by atoms with Crippen LogP contribution in [-0.2, 0) is 20.9 Å². The lowest BCUT2D eigenvalue weighted by atomic mass is 9.95. The van der Waals surface area contributed by atoms with Crippen molar-refractivity contribution >= 4 is 39.5 Å². The van der Waals surface area contributed by atoms with E-state index in [2.05, 4.69) is 20.8 Å². The third-order valence-electron chi connectivity index (χ3n) is 8.69. The highest BCUT2D eigenvalue weighted by Gasteiger charge is 2.39. The van der Waals surface area contributed by atoms with Gasteiger partial charge in [-0.1, -0.05) is 28.1 Å². The molecule has 0 unspecified atom stereocenters. The van der Waals surface area contributed by atoms with Gasteiger partial charge in [-0.3, -0.25) is 9.59 Å². The van der Waals surface area contributed by atoms with Crippen molar-refractivity contribution in [1.82, 2.24) is 14.7 Å². The Labute approximate surface area is 280 Å². The number of piperazine rings is 1. The lowest BCUT2D eigenvalue weighted by molar-refractivity contribution is -0.147. The Kier molecular flexibility index (Phi) is 10.2. The number of carbonyl (C=O) groups is 3. The molecule has 0 bridgehead atoms. The number of nitrogens with zero attached hydrogens (tertiary/aromatic N) is 4. The van der Waals surface area contributed by atoms with Gasteiger partial charge in [0.1, 0.15) is 17.2 Å². The second-order valence-electron chi connectivity index (χ2n) is 14.1. The summed E-state index contributed by atoms with van der Waals surface area (Å²) in [6.45, 7) is 12.3. The van der Waals surface area contributed by atoms with Crippen molar-refractivity contribution in [3.63, 3.8) is 0 Å². The van der Waals surface area contributed by atoms with Crippen molar-refractivity contribution < 1.29 is 28.2 Å². The Morgan fingerprint density at radius 2 is 1.63 bits per heavy atom. The zero-order valence-electron chi connectivity index (χ0n) is 27.6. The van der Waals surface area contributed by atoms with E-state index in [4.69, 9.17) is 9.47 Å². The van der Waals surface area contributed by atoms with Crippen LogP contribution in [0.25, 0.3) is 0 Å². The molecule has 1 saturated carbocycles. The van der Waals surface area contributed by atoms with Crippen molar-refractivity contribution in [2.45, 2.75) is 84.1 Å². The molecule has 3 fully saturated rings. The van der Waals surface area contributed by atoms with E-state index >= 15 is 0 Å². The van der Waals surface area contributed by atoms with Gasteiger partial charge in [0, 0.05) is 73.6 Å². The van der Waals surface area contributed by atoms with Gasteiger partial charge in [-0.2, -0.15) is 0 Å². The Balaban J connectivity index is 1.19. The lowest BCUT2D eigenvalue weighted by Crippen LogP contribution is -2.57. The van der Waals surface area contributed by atoms with Crippen LogP contribution in [0.3, 0.4) is 0 Å². The van der Waals surface area contributed by atoms with Crippen LogP contribution in [-0.4, -0.2) is 89.1 Å². The molecular weight excluding hydrogens is 655 g/mol. The van der Waals surface area contributed by atoms with E-state index in [0.29, 0.717) is 48.5 Å². The molecule has 0 aromatic heterocycles. The largest absolute Gasteiger partial charge is 0.478 e. The summed E-state index contributed by atoms with van der Waals surface area (Å²) >= 11 is 3.31. The summed E-state index contributed by atoms with van der Waals surface area (Å²) in [5.41, 5.74) is -0.235. The molecule has 9 nitrogen and oxygen atoms in total. The average molecular weight is 702 g/mol.